The Balaban J connectivity index is 2.17. The van der Waals surface area contributed by atoms with E-state index in [-0.39, 0.29) is 5.41 Å². The number of nitrogens with one attached hydrogen (secondary N) is 1. The molecule has 0 radical (unpaired) electrons. The standard InChI is InChI=1S/C42H55N/c1-11-15-17-22-34(21-12-2)29-40(37-25-20-26-38(33(37)8)42(9,10)32(7)13-3)43-39(14-4)41-30(5)27-36(28-31(41)6)35-23-18-16-19-24-35/h12,14,16,18-21,23-29,32,43H,2,11,13,15,17,22H2,1,3-10H3/b34-21-,39-14-,40-29-/t32-/m0/s1. The predicted molar refractivity (Wildman–Crippen MR) is 192 cm³/mol. The SMILES string of the molecule is C=C/C=C(\C=C(/N/C(=C\C)c1c(C)cc(-c2ccccc2)cc1C)c1cccc(C(C)(C)[C@@H](C)CC)c1C)CCCCC. The van der Waals surface area contributed by atoms with Gasteiger partial charge in [-0.25, -0.2) is 0 Å². The van der Waals surface area contributed by atoms with E-state index in [1.807, 2.05) is 6.08 Å². The van der Waals surface area contributed by atoms with E-state index in [0.717, 1.165) is 24.2 Å². The van der Waals surface area contributed by atoms with Gasteiger partial charge in [0.05, 0.1) is 0 Å². The number of unbranched alkanes of at least 4 members (excludes halogenated alkanes) is 2. The second-order valence-corrected chi connectivity index (χ2v) is 12.7. The molecule has 3 aromatic carbocycles. The minimum Gasteiger partial charge on any atom is -0.355 e. The first-order chi connectivity index (χ1) is 20.6. The lowest BCUT2D eigenvalue weighted by atomic mass is 9.71. The Hall–Kier alpha value is -3.58. The van der Waals surface area contributed by atoms with Gasteiger partial charge in [-0.05, 0) is 96.9 Å². The Morgan fingerprint density at radius 3 is 2.14 bits per heavy atom. The van der Waals surface area contributed by atoms with Crippen molar-refractivity contribution in [1.82, 2.24) is 5.32 Å². The summed E-state index contributed by atoms with van der Waals surface area (Å²) < 4.78 is 0. The van der Waals surface area contributed by atoms with Crippen molar-refractivity contribution in [1.29, 1.82) is 0 Å². The monoisotopic (exact) mass is 573 g/mol. The lowest BCUT2D eigenvalue weighted by Crippen LogP contribution is -2.27. The van der Waals surface area contributed by atoms with Crippen molar-refractivity contribution in [2.24, 2.45) is 5.92 Å². The highest BCUT2D eigenvalue weighted by molar-refractivity contribution is 5.82. The third kappa shape index (κ3) is 8.29. The van der Waals surface area contributed by atoms with Crippen LogP contribution in [0, 0.1) is 26.7 Å². The van der Waals surface area contributed by atoms with Crippen LogP contribution in [-0.4, -0.2) is 0 Å². The molecule has 0 aromatic heterocycles. The van der Waals surface area contributed by atoms with Crippen LogP contribution in [0.4, 0.5) is 0 Å². The number of hydrogen-bond acceptors (Lipinski definition) is 1. The first-order valence-corrected chi connectivity index (χ1v) is 16.3. The van der Waals surface area contributed by atoms with E-state index < -0.39 is 0 Å². The second kappa shape index (κ2) is 15.8. The summed E-state index contributed by atoms with van der Waals surface area (Å²) in [7, 11) is 0. The highest BCUT2D eigenvalue weighted by atomic mass is 14.9. The van der Waals surface area contributed by atoms with Crippen molar-refractivity contribution >= 4 is 11.4 Å². The Morgan fingerprint density at radius 2 is 1.56 bits per heavy atom. The van der Waals surface area contributed by atoms with Gasteiger partial charge in [-0.1, -0.05) is 139 Å². The van der Waals surface area contributed by atoms with Crippen LogP contribution < -0.4 is 5.32 Å². The molecule has 1 nitrogen and oxygen atoms in total. The molecule has 1 heteroatoms. The zero-order valence-electron chi connectivity index (χ0n) is 28.4. The molecule has 0 unspecified atom stereocenters. The number of rotatable bonds is 14. The van der Waals surface area contributed by atoms with Gasteiger partial charge >= 0.3 is 0 Å². The molecule has 228 valence electrons. The molecule has 0 aliphatic heterocycles. The van der Waals surface area contributed by atoms with Crippen LogP contribution in [0.5, 0.6) is 0 Å². The molecule has 0 aliphatic carbocycles. The zero-order chi connectivity index (χ0) is 31.6. The Bertz CT molecular complexity index is 1440. The molecule has 0 aliphatic rings. The number of aryl methyl sites for hydroxylation is 2. The highest BCUT2D eigenvalue weighted by Crippen LogP contribution is 2.38. The molecule has 0 saturated carbocycles. The van der Waals surface area contributed by atoms with Crippen LogP contribution in [0.25, 0.3) is 22.5 Å². The summed E-state index contributed by atoms with van der Waals surface area (Å²) in [6.07, 6.45) is 14.5. The van der Waals surface area contributed by atoms with Crippen molar-refractivity contribution < 1.29 is 0 Å². The average molecular weight is 574 g/mol. The van der Waals surface area contributed by atoms with E-state index in [9.17, 15) is 0 Å². The van der Waals surface area contributed by atoms with E-state index in [4.69, 9.17) is 0 Å². The van der Waals surface area contributed by atoms with E-state index in [1.54, 1.807) is 0 Å². The van der Waals surface area contributed by atoms with Crippen molar-refractivity contribution in [2.75, 3.05) is 0 Å². The fraction of sp³-hybridized carbons (Fsp3) is 0.381. The average Bonchev–Trinajstić information content (AvgIpc) is 2.99. The van der Waals surface area contributed by atoms with Gasteiger partial charge in [0.1, 0.15) is 0 Å². The molecule has 0 spiro atoms. The third-order valence-electron chi connectivity index (χ3n) is 9.36. The Labute approximate surface area is 263 Å². The van der Waals surface area contributed by atoms with Crippen LogP contribution >= 0.6 is 0 Å². The van der Waals surface area contributed by atoms with Gasteiger partial charge in [-0.15, -0.1) is 0 Å². The van der Waals surface area contributed by atoms with Gasteiger partial charge in [-0.2, -0.15) is 0 Å². The first kappa shape index (κ1) is 33.9. The third-order valence-corrected chi connectivity index (χ3v) is 9.36. The molecule has 1 N–H and O–H groups in total. The van der Waals surface area contributed by atoms with Crippen LogP contribution in [0.1, 0.15) is 107 Å². The molecule has 3 rings (SSSR count). The molecule has 1 atom stereocenters. The molecule has 0 fully saturated rings. The summed E-state index contributed by atoms with van der Waals surface area (Å²) in [6, 6.07) is 22.2. The maximum atomic E-state index is 4.05. The number of benzene rings is 3. The summed E-state index contributed by atoms with van der Waals surface area (Å²) in [4.78, 5) is 0. The van der Waals surface area contributed by atoms with Crippen LogP contribution in [0.3, 0.4) is 0 Å². The summed E-state index contributed by atoms with van der Waals surface area (Å²) >= 11 is 0. The molecule has 3 aromatic rings. The van der Waals surface area contributed by atoms with E-state index in [2.05, 4.69) is 153 Å². The van der Waals surface area contributed by atoms with Gasteiger partial charge in [-0.3, -0.25) is 0 Å². The topological polar surface area (TPSA) is 12.0 Å². The van der Waals surface area contributed by atoms with Crippen LogP contribution in [0.15, 0.2) is 97.1 Å². The maximum Gasteiger partial charge on any atom is 0.0463 e. The van der Waals surface area contributed by atoms with Crippen molar-refractivity contribution in [3.8, 4) is 11.1 Å². The molecular formula is C42H55N. The van der Waals surface area contributed by atoms with Gasteiger partial charge in [0.2, 0.25) is 0 Å². The number of allylic oxidation sites excluding steroid dienone is 5. The van der Waals surface area contributed by atoms with Crippen molar-refractivity contribution in [2.45, 2.75) is 99.8 Å². The summed E-state index contributed by atoms with van der Waals surface area (Å²) in [5, 5.41) is 3.97. The lowest BCUT2D eigenvalue weighted by molar-refractivity contribution is 0.333. The molecule has 0 amide bonds. The second-order valence-electron chi connectivity index (χ2n) is 12.7. The van der Waals surface area contributed by atoms with E-state index >= 15 is 0 Å². The van der Waals surface area contributed by atoms with Crippen LogP contribution in [-0.2, 0) is 5.41 Å². The van der Waals surface area contributed by atoms with Gasteiger partial charge in [0.25, 0.3) is 0 Å². The molecule has 0 bridgehead atoms. The Morgan fingerprint density at radius 1 is 0.884 bits per heavy atom. The molecular weight excluding hydrogens is 518 g/mol. The summed E-state index contributed by atoms with van der Waals surface area (Å²) in [6.45, 7) is 24.7. The highest BCUT2D eigenvalue weighted by Gasteiger charge is 2.29. The van der Waals surface area contributed by atoms with Gasteiger partial charge in [0.15, 0.2) is 0 Å². The summed E-state index contributed by atoms with van der Waals surface area (Å²) in [5.74, 6) is 0.576. The predicted octanol–water partition coefficient (Wildman–Crippen LogP) is 12.3. The minimum atomic E-state index is 0.0741. The van der Waals surface area contributed by atoms with Crippen molar-refractivity contribution in [3.05, 3.63) is 131 Å². The fourth-order valence-corrected chi connectivity index (χ4v) is 6.31. The summed E-state index contributed by atoms with van der Waals surface area (Å²) in [5.41, 5.74) is 14.0. The maximum absolute atomic E-state index is 4.05. The molecule has 0 saturated heterocycles. The first-order valence-electron chi connectivity index (χ1n) is 16.3. The van der Waals surface area contributed by atoms with Crippen molar-refractivity contribution in [3.63, 3.8) is 0 Å². The minimum absolute atomic E-state index is 0.0741. The number of hydrogen-bond donors (Lipinski definition) is 1. The van der Waals surface area contributed by atoms with Crippen LogP contribution in [0.2, 0.25) is 0 Å². The Kier molecular flexibility index (Phi) is 12.4. The fourth-order valence-electron chi connectivity index (χ4n) is 6.31. The molecule has 0 heterocycles. The largest absolute Gasteiger partial charge is 0.355 e. The van der Waals surface area contributed by atoms with E-state index in [1.165, 1.54) is 69.3 Å². The molecule has 43 heavy (non-hydrogen) atoms. The van der Waals surface area contributed by atoms with Gasteiger partial charge in [0, 0.05) is 22.5 Å². The lowest BCUT2D eigenvalue weighted by Gasteiger charge is -2.34. The van der Waals surface area contributed by atoms with E-state index in [0.29, 0.717) is 5.92 Å². The quantitative estimate of drug-likeness (QED) is 0.149. The zero-order valence-corrected chi connectivity index (χ0v) is 28.4. The normalized spacial score (nSPS) is 13.7. The van der Waals surface area contributed by atoms with Gasteiger partial charge < -0.3 is 5.32 Å². The smallest absolute Gasteiger partial charge is 0.0463 e.